The Morgan fingerprint density at radius 2 is 1.07 bits per heavy atom. The van der Waals surface area contributed by atoms with Crippen molar-refractivity contribution in [2.75, 3.05) is 0 Å². The molecule has 4 aromatic heterocycles. The van der Waals surface area contributed by atoms with Gasteiger partial charge in [0.15, 0.2) is 5.69 Å². The maximum atomic E-state index is 10.6. The minimum absolute atomic E-state index is 0.0435. The number of nitrogens with zero attached hydrogens (tertiary/aromatic N) is 4. The first-order chi connectivity index (χ1) is 26.1. The number of fused-ring (bicyclic) bond motifs is 18. The molecule has 2 fully saturated rings. The first kappa shape index (κ1) is 30.1. The maximum Gasteiger partial charge on any atom is 0.193 e. The zero-order chi connectivity index (χ0) is 36.3. The summed E-state index contributed by atoms with van der Waals surface area (Å²) in [5.74, 6) is 0. The van der Waals surface area contributed by atoms with Gasteiger partial charge < -0.3 is 8.80 Å². The Kier molecular flexibility index (Phi) is 5.08. The molecule has 13 rings (SSSR count). The van der Waals surface area contributed by atoms with Crippen LogP contribution in [0.2, 0.25) is 0 Å². The van der Waals surface area contributed by atoms with Crippen molar-refractivity contribution in [1.82, 2.24) is 8.80 Å². The summed E-state index contributed by atoms with van der Waals surface area (Å²) in [5.41, 5.74) is 15.0. The number of nitriles is 1. The summed E-state index contributed by atoms with van der Waals surface area (Å²) in [6.07, 6.45) is 12.4. The van der Waals surface area contributed by atoms with Crippen molar-refractivity contribution >= 4 is 81.9 Å². The van der Waals surface area contributed by atoms with Gasteiger partial charge in [-0.25, -0.2) is 4.85 Å². The van der Waals surface area contributed by atoms with Crippen LogP contribution in [-0.4, -0.2) is 8.80 Å². The molecular formula is C50H42N4. The predicted molar refractivity (Wildman–Crippen MR) is 222 cm³/mol. The van der Waals surface area contributed by atoms with Crippen LogP contribution in [0.15, 0.2) is 60.7 Å². The Bertz CT molecular complexity index is 3300. The van der Waals surface area contributed by atoms with E-state index in [0.717, 1.165) is 23.2 Å². The van der Waals surface area contributed by atoms with E-state index in [1.54, 1.807) is 5.56 Å². The van der Waals surface area contributed by atoms with Crippen LogP contribution in [-0.2, 0) is 21.7 Å². The summed E-state index contributed by atoms with van der Waals surface area (Å²) < 4.78 is 5.03. The minimum Gasteiger partial charge on any atom is -0.309 e. The van der Waals surface area contributed by atoms with E-state index in [4.69, 9.17) is 6.57 Å². The second-order valence-corrected chi connectivity index (χ2v) is 19.4. The van der Waals surface area contributed by atoms with Crippen molar-refractivity contribution < 1.29 is 0 Å². The smallest absolute Gasteiger partial charge is 0.193 e. The van der Waals surface area contributed by atoms with Crippen LogP contribution in [0.5, 0.6) is 0 Å². The molecule has 4 aliphatic rings. The van der Waals surface area contributed by atoms with Gasteiger partial charge in [0.1, 0.15) is 0 Å². The molecule has 0 amide bonds. The summed E-state index contributed by atoms with van der Waals surface area (Å²) in [6.45, 7) is 18.0. The third-order valence-electron chi connectivity index (χ3n) is 15.6. The quantitative estimate of drug-likeness (QED) is 0.145. The summed E-state index contributed by atoms with van der Waals surface area (Å²) in [5, 5.41) is 21.1. The number of benzene rings is 5. The van der Waals surface area contributed by atoms with E-state index in [9.17, 15) is 5.26 Å². The predicted octanol–water partition coefficient (Wildman–Crippen LogP) is 13.4. The lowest BCUT2D eigenvalue weighted by atomic mass is 9.74. The molecule has 0 atom stereocenters. The zero-order valence-corrected chi connectivity index (χ0v) is 31.6. The SMILES string of the molecule is [C-]#[N+]c1cc2c(c3c1C1(CCCC1)CC31CCCC1)c1cccc3c4cc5c(cc4n2c31)c1cccc2c3c4c(c(C#N)cc3n5c12)C(C)(C)CC4(C)C. The van der Waals surface area contributed by atoms with Gasteiger partial charge in [-0.05, 0) is 107 Å². The highest BCUT2D eigenvalue weighted by Crippen LogP contribution is 2.66. The number of rotatable bonds is 0. The third-order valence-corrected chi connectivity index (χ3v) is 15.6. The van der Waals surface area contributed by atoms with Crippen LogP contribution in [0, 0.1) is 17.9 Å². The van der Waals surface area contributed by atoms with Gasteiger partial charge >= 0.3 is 0 Å². The lowest BCUT2D eigenvalue weighted by Crippen LogP contribution is -2.24. The number of aromatic nitrogens is 2. The molecule has 4 heteroatoms. The highest BCUT2D eigenvalue weighted by Gasteiger charge is 2.56. The van der Waals surface area contributed by atoms with Gasteiger partial charge in [0.05, 0.1) is 45.8 Å². The Hall–Kier alpha value is -5.32. The average Bonchev–Trinajstić information content (AvgIpc) is 4.03. The highest BCUT2D eigenvalue weighted by molar-refractivity contribution is 6.30. The Balaban J connectivity index is 1.20. The van der Waals surface area contributed by atoms with Gasteiger partial charge in [-0.15, -0.1) is 0 Å². The molecule has 54 heavy (non-hydrogen) atoms. The molecule has 2 saturated carbocycles. The Morgan fingerprint density at radius 1 is 0.574 bits per heavy atom. The molecular weight excluding hydrogens is 657 g/mol. The summed E-state index contributed by atoms with van der Waals surface area (Å²) in [4.78, 5) is 4.39. The van der Waals surface area contributed by atoms with Gasteiger partial charge in [0, 0.05) is 48.6 Å². The maximum absolute atomic E-state index is 10.6. The van der Waals surface area contributed by atoms with Crippen molar-refractivity contribution in [2.24, 2.45) is 0 Å². The molecule has 0 radical (unpaired) electrons. The normalized spacial score (nSPS) is 20.8. The van der Waals surface area contributed by atoms with Gasteiger partial charge in [-0.1, -0.05) is 89.8 Å². The van der Waals surface area contributed by atoms with E-state index in [2.05, 4.69) is 108 Å². The van der Waals surface area contributed by atoms with Crippen molar-refractivity contribution in [3.63, 3.8) is 0 Å². The Morgan fingerprint density at radius 3 is 1.63 bits per heavy atom. The summed E-state index contributed by atoms with van der Waals surface area (Å²) >= 11 is 0. The molecule has 262 valence electrons. The van der Waals surface area contributed by atoms with E-state index in [1.165, 1.54) is 145 Å². The third kappa shape index (κ3) is 3.12. The largest absolute Gasteiger partial charge is 0.309 e. The molecule has 0 unspecified atom stereocenters. The zero-order valence-electron chi connectivity index (χ0n) is 31.6. The van der Waals surface area contributed by atoms with Gasteiger partial charge in [-0.2, -0.15) is 5.26 Å². The van der Waals surface area contributed by atoms with Crippen LogP contribution in [0.4, 0.5) is 5.69 Å². The summed E-state index contributed by atoms with van der Waals surface area (Å²) in [7, 11) is 0. The van der Waals surface area contributed by atoms with Crippen LogP contribution in [0.3, 0.4) is 0 Å². The molecule has 0 aliphatic heterocycles. The topological polar surface area (TPSA) is 37.0 Å². The lowest BCUT2D eigenvalue weighted by Gasteiger charge is -2.29. The fourth-order valence-electron chi connectivity index (χ4n) is 14.4. The van der Waals surface area contributed by atoms with E-state index in [-0.39, 0.29) is 21.7 Å². The molecule has 4 aliphatic carbocycles. The fraction of sp³-hybridized carbons (Fsp3) is 0.360. The first-order valence-corrected chi connectivity index (χ1v) is 20.4. The number of hydrogen-bond acceptors (Lipinski definition) is 1. The van der Waals surface area contributed by atoms with Crippen molar-refractivity contribution in [3.8, 4) is 6.07 Å². The molecule has 0 N–H and O–H groups in total. The molecule has 0 saturated heterocycles. The molecule has 5 aromatic carbocycles. The average molecular weight is 699 g/mol. The number of para-hydroxylation sites is 2. The van der Waals surface area contributed by atoms with Crippen molar-refractivity contribution in [1.29, 1.82) is 5.26 Å². The fourth-order valence-corrected chi connectivity index (χ4v) is 14.4. The monoisotopic (exact) mass is 698 g/mol. The second kappa shape index (κ2) is 9.13. The standard InChI is InChI=1S/C50H42N4/c1-47(2)25-48(3,4)43-39-30-14-10-12-28-32-22-36-33(21-35(32)53(45(28)30)37(39)20-27(24-51)41(43)47)29-13-11-15-31-40-38(54(36)46(29)31)23-34(52-5)42-44(40)50(18-8-9-19-50)26-49(42)16-6-7-17-49/h10-15,20-23H,6-9,16-19,25-26H2,1-4H3. The Labute approximate surface area is 314 Å². The van der Waals surface area contributed by atoms with E-state index in [1.807, 2.05) is 0 Å². The molecule has 9 aromatic rings. The second-order valence-electron chi connectivity index (χ2n) is 19.4. The lowest BCUT2D eigenvalue weighted by molar-refractivity contribution is 0.325. The van der Waals surface area contributed by atoms with E-state index in [0.29, 0.717) is 0 Å². The van der Waals surface area contributed by atoms with Gasteiger partial charge in [-0.3, -0.25) is 0 Å². The van der Waals surface area contributed by atoms with Gasteiger partial charge in [0.25, 0.3) is 0 Å². The van der Waals surface area contributed by atoms with Crippen LogP contribution >= 0.6 is 0 Å². The molecule has 2 spiro atoms. The van der Waals surface area contributed by atoms with E-state index >= 15 is 0 Å². The van der Waals surface area contributed by atoms with Crippen molar-refractivity contribution in [2.45, 2.75) is 114 Å². The van der Waals surface area contributed by atoms with E-state index < -0.39 is 0 Å². The van der Waals surface area contributed by atoms with Crippen LogP contribution < -0.4 is 0 Å². The minimum atomic E-state index is -0.0653. The molecule has 4 heterocycles. The van der Waals surface area contributed by atoms with Gasteiger partial charge in [0.2, 0.25) is 0 Å². The summed E-state index contributed by atoms with van der Waals surface area (Å²) in [6, 6.07) is 25.9. The molecule has 4 nitrogen and oxygen atoms in total. The van der Waals surface area contributed by atoms with Crippen molar-refractivity contribution in [3.05, 3.63) is 99.9 Å². The molecule has 0 bridgehead atoms. The number of hydrogen-bond donors (Lipinski definition) is 0. The highest BCUT2D eigenvalue weighted by atomic mass is 14.9. The van der Waals surface area contributed by atoms with Crippen LogP contribution in [0.25, 0.3) is 81.0 Å². The van der Waals surface area contributed by atoms with Crippen LogP contribution in [0.1, 0.15) is 120 Å². The first-order valence-electron chi connectivity index (χ1n) is 20.4.